The normalized spacial score (nSPS) is 15.0. The molecule has 0 saturated heterocycles. The van der Waals surface area contributed by atoms with E-state index >= 15 is 0 Å². The first-order chi connectivity index (χ1) is 15.8. The number of alkyl carbamates (subject to hydrolysis) is 1. The van der Waals surface area contributed by atoms with Crippen molar-refractivity contribution in [1.29, 1.82) is 0 Å². The second-order valence-corrected chi connectivity index (χ2v) is 8.39. The van der Waals surface area contributed by atoms with Gasteiger partial charge in [-0.05, 0) is 35.6 Å². The highest BCUT2D eigenvalue weighted by molar-refractivity contribution is 5.90. The number of methoxy groups -OCH3 is 1. The van der Waals surface area contributed by atoms with Crippen molar-refractivity contribution in [2.24, 2.45) is 0 Å². The van der Waals surface area contributed by atoms with Gasteiger partial charge in [0.15, 0.2) is 0 Å². The smallest absolute Gasteiger partial charge is 0.408 e. The van der Waals surface area contributed by atoms with Crippen LogP contribution in [0, 0.1) is 0 Å². The van der Waals surface area contributed by atoms with E-state index in [1.807, 2.05) is 36.4 Å². The molecule has 33 heavy (non-hydrogen) atoms. The van der Waals surface area contributed by atoms with Crippen molar-refractivity contribution in [2.75, 3.05) is 20.3 Å². The molecule has 1 unspecified atom stereocenters. The third kappa shape index (κ3) is 5.51. The fourth-order valence-electron chi connectivity index (χ4n) is 4.16. The summed E-state index contributed by atoms with van der Waals surface area (Å²) in [6, 6.07) is 15.5. The van der Waals surface area contributed by atoms with Gasteiger partial charge in [0, 0.05) is 19.1 Å². The Kier molecular flexibility index (Phi) is 7.71. The molecular weight excluding hydrogens is 424 g/mol. The van der Waals surface area contributed by atoms with Gasteiger partial charge in [0.1, 0.15) is 12.1 Å². The summed E-state index contributed by atoms with van der Waals surface area (Å²) >= 11 is 0. The van der Waals surface area contributed by atoms with Crippen LogP contribution in [-0.2, 0) is 19.1 Å². The van der Waals surface area contributed by atoms with E-state index in [0.29, 0.717) is 6.42 Å². The number of hydrogen-bond acceptors (Lipinski definition) is 5. The average molecular weight is 455 g/mol. The van der Waals surface area contributed by atoms with Gasteiger partial charge in [-0.3, -0.25) is 9.59 Å². The van der Waals surface area contributed by atoms with E-state index in [2.05, 4.69) is 22.8 Å². The van der Waals surface area contributed by atoms with Crippen molar-refractivity contribution < 1.29 is 29.0 Å². The van der Waals surface area contributed by atoms with E-state index in [1.54, 1.807) is 6.92 Å². The van der Waals surface area contributed by atoms with Crippen LogP contribution in [0.1, 0.15) is 43.7 Å². The maximum Gasteiger partial charge on any atom is 0.408 e. The maximum atomic E-state index is 12.9. The topological polar surface area (TPSA) is 114 Å². The van der Waals surface area contributed by atoms with Crippen LogP contribution in [0.15, 0.2) is 48.5 Å². The number of carboxylic acid groups (broad SMARTS) is 1. The molecule has 8 nitrogen and oxygen atoms in total. The first kappa shape index (κ1) is 24.3. The van der Waals surface area contributed by atoms with E-state index in [0.717, 1.165) is 22.3 Å². The summed E-state index contributed by atoms with van der Waals surface area (Å²) in [4.78, 5) is 36.6. The number of fused-ring (bicyclic) bond motifs is 3. The summed E-state index contributed by atoms with van der Waals surface area (Å²) in [5.74, 6) is -1.66. The number of aliphatic carboxylic acids is 1. The molecule has 0 aliphatic heterocycles. The SMILES string of the molecule is CC[C@@H](CC(=O)O)NC(=O)C(C)(COC)NC(=O)OCC1c2ccccc2-c2ccccc21. The molecular formula is C25H30N2O6. The average Bonchev–Trinajstić information content (AvgIpc) is 3.10. The zero-order valence-electron chi connectivity index (χ0n) is 19.1. The number of carbonyl (C=O) groups is 3. The van der Waals surface area contributed by atoms with Crippen LogP contribution < -0.4 is 10.6 Å². The Morgan fingerprint density at radius 3 is 2.15 bits per heavy atom. The minimum Gasteiger partial charge on any atom is -0.481 e. The van der Waals surface area contributed by atoms with Crippen LogP contribution in [0.2, 0.25) is 0 Å². The van der Waals surface area contributed by atoms with E-state index in [1.165, 1.54) is 14.0 Å². The summed E-state index contributed by atoms with van der Waals surface area (Å²) in [6.07, 6.45) is -0.527. The number of carboxylic acids is 1. The number of benzene rings is 2. The Bertz CT molecular complexity index is 978. The molecule has 2 aromatic carbocycles. The van der Waals surface area contributed by atoms with Gasteiger partial charge in [0.05, 0.1) is 13.0 Å². The van der Waals surface area contributed by atoms with Crippen molar-refractivity contribution >= 4 is 18.0 Å². The molecule has 3 N–H and O–H groups in total. The van der Waals surface area contributed by atoms with Crippen LogP contribution in [0.5, 0.6) is 0 Å². The minimum absolute atomic E-state index is 0.105. The molecule has 1 aliphatic rings. The minimum atomic E-state index is -1.43. The molecule has 0 bridgehead atoms. The molecule has 1 aliphatic carbocycles. The Morgan fingerprint density at radius 1 is 1.06 bits per heavy atom. The number of rotatable bonds is 10. The van der Waals surface area contributed by atoms with Crippen LogP contribution in [0.3, 0.4) is 0 Å². The standard InChI is InChI=1S/C25H30N2O6/c1-4-16(13-22(28)29)26-23(30)25(2,15-32-3)27-24(31)33-14-21-19-11-7-5-9-17(19)18-10-6-8-12-20(18)21/h5-12,16,21H,4,13-15H2,1-3H3,(H,26,30)(H,27,31)(H,28,29)/t16-,25?/m0/s1. The second-order valence-electron chi connectivity index (χ2n) is 8.39. The van der Waals surface area contributed by atoms with Crippen molar-refractivity contribution in [2.45, 2.75) is 44.2 Å². The Balaban J connectivity index is 1.68. The van der Waals surface area contributed by atoms with Gasteiger partial charge in [0.2, 0.25) is 5.91 Å². The maximum absolute atomic E-state index is 12.9. The largest absolute Gasteiger partial charge is 0.481 e. The predicted molar refractivity (Wildman–Crippen MR) is 123 cm³/mol. The van der Waals surface area contributed by atoms with Crippen LogP contribution in [-0.4, -0.2) is 55.0 Å². The van der Waals surface area contributed by atoms with Crippen molar-refractivity contribution in [1.82, 2.24) is 10.6 Å². The third-order valence-electron chi connectivity index (χ3n) is 5.90. The highest BCUT2D eigenvalue weighted by Gasteiger charge is 2.37. The monoisotopic (exact) mass is 454 g/mol. The van der Waals surface area contributed by atoms with Gasteiger partial charge >= 0.3 is 12.1 Å². The Hall–Kier alpha value is -3.39. The van der Waals surface area contributed by atoms with Gasteiger partial charge in [-0.1, -0.05) is 55.5 Å². The first-order valence-electron chi connectivity index (χ1n) is 10.9. The summed E-state index contributed by atoms with van der Waals surface area (Å²) in [7, 11) is 1.42. The van der Waals surface area contributed by atoms with Crippen LogP contribution in [0.25, 0.3) is 11.1 Å². The number of hydrogen-bond donors (Lipinski definition) is 3. The molecule has 176 valence electrons. The molecule has 0 aromatic heterocycles. The zero-order chi connectivity index (χ0) is 24.0. The van der Waals surface area contributed by atoms with Crippen molar-refractivity contribution in [3.63, 3.8) is 0 Å². The molecule has 0 radical (unpaired) electrons. The number of carbonyl (C=O) groups excluding carboxylic acids is 2. The molecule has 3 rings (SSSR count). The summed E-state index contributed by atoms with van der Waals surface area (Å²) < 4.78 is 10.7. The molecule has 0 fully saturated rings. The van der Waals surface area contributed by atoms with Gasteiger partial charge < -0.3 is 25.2 Å². The van der Waals surface area contributed by atoms with Gasteiger partial charge in [-0.2, -0.15) is 0 Å². The number of ether oxygens (including phenoxy) is 2. The molecule has 2 aromatic rings. The predicted octanol–water partition coefficient (Wildman–Crippen LogP) is 3.30. The van der Waals surface area contributed by atoms with Gasteiger partial charge in [-0.25, -0.2) is 4.79 Å². The van der Waals surface area contributed by atoms with Gasteiger partial charge in [0.25, 0.3) is 0 Å². The first-order valence-corrected chi connectivity index (χ1v) is 10.9. The summed E-state index contributed by atoms with van der Waals surface area (Å²) in [6.45, 7) is 3.30. The molecule has 0 spiro atoms. The van der Waals surface area contributed by atoms with Crippen molar-refractivity contribution in [3.05, 3.63) is 59.7 Å². The lowest BCUT2D eigenvalue weighted by atomic mass is 9.98. The lowest BCUT2D eigenvalue weighted by molar-refractivity contribution is -0.138. The lowest BCUT2D eigenvalue weighted by Gasteiger charge is -2.30. The molecule has 0 saturated carbocycles. The molecule has 8 heteroatoms. The summed E-state index contributed by atoms with van der Waals surface area (Å²) in [5.41, 5.74) is 2.99. The van der Waals surface area contributed by atoms with Crippen LogP contribution in [0.4, 0.5) is 4.79 Å². The fraction of sp³-hybridized carbons (Fsp3) is 0.400. The number of amides is 2. The van der Waals surface area contributed by atoms with E-state index in [-0.39, 0.29) is 25.6 Å². The van der Waals surface area contributed by atoms with E-state index in [4.69, 9.17) is 14.6 Å². The zero-order valence-corrected chi connectivity index (χ0v) is 19.1. The quantitative estimate of drug-likeness (QED) is 0.508. The lowest BCUT2D eigenvalue weighted by Crippen LogP contribution is -2.61. The fourth-order valence-corrected chi connectivity index (χ4v) is 4.16. The Morgan fingerprint density at radius 2 is 1.64 bits per heavy atom. The third-order valence-corrected chi connectivity index (χ3v) is 5.90. The highest BCUT2D eigenvalue weighted by Crippen LogP contribution is 2.44. The molecule has 2 amide bonds. The summed E-state index contributed by atoms with van der Waals surface area (Å²) in [5, 5.41) is 14.3. The molecule has 0 heterocycles. The van der Waals surface area contributed by atoms with E-state index in [9.17, 15) is 14.4 Å². The second kappa shape index (κ2) is 10.5. The van der Waals surface area contributed by atoms with Crippen LogP contribution >= 0.6 is 0 Å². The Labute approximate surface area is 193 Å². The van der Waals surface area contributed by atoms with E-state index < -0.39 is 29.6 Å². The number of nitrogens with one attached hydrogen (secondary N) is 2. The highest BCUT2D eigenvalue weighted by atomic mass is 16.5. The molecule has 2 atom stereocenters. The van der Waals surface area contributed by atoms with Crippen molar-refractivity contribution in [3.8, 4) is 11.1 Å². The van der Waals surface area contributed by atoms with Gasteiger partial charge in [-0.15, -0.1) is 0 Å².